The first-order valence-electron chi connectivity index (χ1n) is 5.92. The molecular weight excluding hydrogens is 215 g/mol. The minimum atomic E-state index is -0.142. The molecule has 0 aromatic heterocycles. The fourth-order valence-corrected chi connectivity index (χ4v) is 1.71. The van der Waals surface area contributed by atoms with Crippen molar-refractivity contribution in [2.75, 3.05) is 26.7 Å². The standard InChI is InChI=1S/C14H21FN2/c1-4-16-9-12(2)10-17(3)11-13-7-5-6-8-14(13)15/h5-8,16H,2,4,9-11H2,1,3H3. The summed E-state index contributed by atoms with van der Waals surface area (Å²) in [4.78, 5) is 2.07. The van der Waals surface area contributed by atoms with Gasteiger partial charge in [0, 0.05) is 25.2 Å². The van der Waals surface area contributed by atoms with Gasteiger partial charge in [0.15, 0.2) is 0 Å². The quantitative estimate of drug-likeness (QED) is 0.731. The predicted molar refractivity (Wildman–Crippen MR) is 70.4 cm³/mol. The summed E-state index contributed by atoms with van der Waals surface area (Å²) in [6.07, 6.45) is 0. The molecule has 1 aromatic rings. The molecule has 2 nitrogen and oxygen atoms in total. The van der Waals surface area contributed by atoms with Gasteiger partial charge in [0.2, 0.25) is 0 Å². The zero-order chi connectivity index (χ0) is 12.7. The highest BCUT2D eigenvalue weighted by Crippen LogP contribution is 2.09. The first kappa shape index (κ1) is 13.9. The smallest absolute Gasteiger partial charge is 0.127 e. The molecule has 17 heavy (non-hydrogen) atoms. The molecule has 0 aliphatic rings. The third kappa shape index (κ3) is 5.11. The number of hydrogen-bond donors (Lipinski definition) is 1. The van der Waals surface area contributed by atoms with Gasteiger partial charge in [0.05, 0.1) is 0 Å². The monoisotopic (exact) mass is 236 g/mol. The number of benzene rings is 1. The van der Waals surface area contributed by atoms with E-state index in [-0.39, 0.29) is 5.82 Å². The van der Waals surface area contributed by atoms with Crippen LogP contribution in [0.5, 0.6) is 0 Å². The average Bonchev–Trinajstić information content (AvgIpc) is 2.29. The Morgan fingerprint density at radius 2 is 2.12 bits per heavy atom. The van der Waals surface area contributed by atoms with Gasteiger partial charge in [-0.3, -0.25) is 4.90 Å². The van der Waals surface area contributed by atoms with Gasteiger partial charge >= 0.3 is 0 Å². The van der Waals surface area contributed by atoms with E-state index in [1.165, 1.54) is 6.07 Å². The van der Waals surface area contributed by atoms with Crippen LogP contribution in [0.3, 0.4) is 0 Å². The Hall–Kier alpha value is -1.19. The molecule has 0 aliphatic heterocycles. The lowest BCUT2D eigenvalue weighted by Gasteiger charge is -2.18. The lowest BCUT2D eigenvalue weighted by molar-refractivity contribution is 0.345. The van der Waals surface area contributed by atoms with E-state index in [4.69, 9.17) is 0 Å². The van der Waals surface area contributed by atoms with E-state index in [1.54, 1.807) is 6.07 Å². The van der Waals surface area contributed by atoms with Gasteiger partial charge in [-0.05, 0) is 25.2 Å². The van der Waals surface area contributed by atoms with Crippen LogP contribution >= 0.6 is 0 Å². The Balaban J connectivity index is 2.42. The summed E-state index contributed by atoms with van der Waals surface area (Å²) in [5, 5.41) is 3.23. The molecule has 0 spiro atoms. The molecule has 0 aliphatic carbocycles. The van der Waals surface area contributed by atoms with Crippen LogP contribution in [0, 0.1) is 5.82 Å². The van der Waals surface area contributed by atoms with Gasteiger partial charge in [0.1, 0.15) is 5.82 Å². The summed E-state index contributed by atoms with van der Waals surface area (Å²) in [6.45, 7) is 9.21. The fourth-order valence-electron chi connectivity index (χ4n) is 1.71. The van der Waals surface area contributed by atoms with E-state index >= 15 is 0 Å². The lowest BCUT2D eigenvalue weighted by Crippen LogP contribution is -2.26. The van der Waals surface area contributed by atoms with E-state index in [2.05, 4.69) is 23.7 Å². The third-order valence-electron chi connectivity index (χ3n) is 2.52. The summed E-state index contributed by atoms with van der Waals surface area (Å²) in [5.41, 5.74) is 1.84. The first-order chi connectivity index (χ1) is 8.13. The molecule has 1 aromatic carbocycles. The number of rotatable bonds is 7. The topological polar surface area (TPSA) is 15.3 Å². The normalized spacial score (nSPS) is 10.8. The highest BCUT2D eigenvalue weighted by Gasteiger charge is 2.05. The van der Waals surface area contributed by atoms with Crippen molar-refractivity contribution in [1.82, 2.24) is 10.2 Å². The minimum Gasteiger partial charge on any atom is -0.313 e. The maximum atomic E-state index is 13.4. The minimum absolute atomic E-state index is 0.142. The Morgan fingerprint density at radius 1 is 1.41 bits per heavy atom. The van der Waals surface area contributed by atoms with Crippen LogP contribution < -0.4 is 5.32 Å². The molecule has 3 heteroatoms. The van der Waals surface area contributed by atoms with Crippen molar-refractivity contribution < 1.29 is 4.39 Å². The molecule has 0 radical (unpaired) electrons. The second-order valence-electron chi connectivity index (χ2n) is 4.29. The maximum Gasteiger partial charge on any atom is 0.127 e. The second-order valence-corrected chi connectivity index (χ2v) is 4.29. The van der Waals surface area contributed by atoms with Crippen LogP contribution in [0.2, 0.25) is 0 Å². The molecule has 0 heterocycles. The summed E-state index contributed by atoms with van der Waals surface area (Å²) < 4.78 is 13.4. The molecule has 0 fully saturated rings. The first-order valence-corrected chi connectivity index (χ1v) is 5.92. The van der Waals surface area contributed by atoms with Crippen molar-refractivity contribution in [2.24, 2.45) is 0 Å². The summed E-state index contributed by atoms with van der Waals surface area (Å²) in [6, 6.07) is 6.89. The number of likely N-dealkylation sites (N-methyl/N-ethyl adjacent to an activating group) is 2. The van der Waals surface area contributed by atoms with E-state index in [1.807, 2.05) is 19.2 Å². The average molecular weight is 236 g/mol. The SMILES string of the molecule is C=C(CNCC)CN(C)Cc1ccccc1F. The highest BCUT2D eigenvalue weighted by molar-refractivity contribution is 5.17. The number of nitrogens with one attached hydrogen (secondary N) is 1. The predicted octanol–water partition coefficient (Wildman–Crippen LogP) is 2.42. The van der Waals surface area contributed by atoms with E-state index in [9.17, 15) is 4.39 Å². The highest BCUT2D eigenvalue weighted by atomic mass is 19.1. The largest absolute Gasteiger partial charge is 0.313 e. The van der Waals surface area contributed by atoms with Crippen LogP contribution in [0.1, 0.15) is 12.5 Å². The molecule has 0 saturated heterocycles. The lowest BCUT2D eigenvalue weighted by atomic mass is 10.2. The number of nitrogens with zero attached hydrogens (tertiary/aromatic N) is 1. The molecule has 0 saturated carbocycles. The molecule has 0 amide bonds. The zero-order valence-corrected chi connectivity index (χ0v) is 10.7. The molecule has 1 N–H and O–H groups in total. The summed E-state index contributed by atoms with van der Waals surface area (Å²) in [5.74, 6) is -0.142. The van der Waals surface area contributed by atoms with Crippen LogP contribution in [-0.2, 0) is 6.54 Å². The van der Waals surface area contributed by atoms with E-state index in [0.29, 0.717) is 6.54 Å². The summed E-state index contributed by atoms with van der Waals surface area (Å²) >= 11 is 0. The van der Waals surface area contributed by atoms with Crippen LogP contribution in [0.25, 0.3) is 0 Å². The van der Waals surface area contributed by atoms with Gasteiger partial charge in [-0.25, -0.2) is 4.39 Å². The summed E-state index contributed by atoms with van der Waals surface area (Å²) in [7, 11) is 1.98. The van der Waals surface area contributed by atoms with E-state index < -0.39 is 0 Å². The van der Waals surface area contributed by atoms with E-state index in [0.717, 1.165) is 30.8 Å². The Morgan fingerprint density at radius 3 is 2.76 bits per heavy atom. The Bertz CT molecular complexity index is 363. The van der Waals surface area contributed by atoms with Gasteiger partial charge < -0.3 is 5.32 Å². The molecule has 0 unspecified atom stereocenters. The number of hydrogen-bond acceptors (Lipinski definition) is 2. The second kappa shape index (κ2) is 7.20. The zero-order valence-electron chi connectivity index (χ0n) is 10.7. The van der Waals surface area contributed by atoms with Crippen molar-refractivity contribution in [2.45, 2.75) is 13.5 Å². The maximum absolute atomic E-state index is 13.4. The molecule has 1 rings (SSSR count). The van der Waals surface area contributed by atoms with Crippen LogP contribution in [-0.4, -0.2) is 31.6 Å². The van der Waals surface area contributed by atoms with Crippen molar-refractivity contribution in [3.63, 3.8) is 0 Å². The van der Waals surface area contributed by atoms with Gasteiger partial charge in [-0.2, -0.15) is 0 Å². The van der Waals surface area contributed by atoms with Crippen molar-refractivity contribution in [3.05, 3.63) is 47.8 Å². The Labute approximate surface area is 103 Å². The molecule has 0 bridgehead atoms. The van der Waals surface area contributed by atoms with Gasteiger partial charge in [-0.15, -0.1) is 0 Å². The van der Waals surface area contributed by atoms with Crippen molar-refractivity contribution >= 4 is 0 Å². The van der Waals surface area contributed by atoms with Crippen molar-refractivity contribution in [1.29, 1.82) is 0 Å². The van der Waals surface area contributed by atoms with Gasteiger partial charge in [-0.1, -0.05) is 31.7 Å². The molecule has 94 valence electrons. The Kier molecular flexibility index (Phi) is 5.87. The van der Waals surface area contributed by atoms with Crippen molar-refractivity contribution in [3.8, 4) is 0 Å². The number of halogens is 1. The van der Waals surface area contributed by atoms with Crippen LogP contribution in [0.4, 0.5) is 4.39 Å². The molecular formula is C14H21FN2. The third-order valence-corrected chi connectivity index (χ3v) is 2.52. The van der Waals surface area contributed by atoms with Crippen LogP contribution in [0.15, 0.2) is 36.4 Å². The molecule has 0 atom stereocenters. The van der Waals surface area contributed by atoms with Gasteiger partial charge in [0.25, 0.3) is 0 Å². The fraction of sp³-hybridized carbons (Fsp3) is 0.429.